The van der Waals surface area contributed by atoms with E-state index in [-0.39, 0.29) is 12.1 Å². The summed E-state index contributed by atoms with van der Waals surface area (Å²) >= 11 is 0. The minimum absolute atomic E-state index is 0.0432. The lowest BCUT2D eigenvalue weighted by Crippen LogP contribution is -2.55. The summed E-state index contributed by atoms with van der Waals surface area (Å²) in [5.74, 6) is -6.03. The average molecular weight is 388 g/mol. The Morgan fingerprint density at radius 2 is 1.93 bits per heavy atom. The first-order chi connectivity index (χ1) is 12.6. The molecular weight excluding hydrogens is 373 g/mol. The quantitative estimate of drug-likeness (QED) is 0.716. The van der Waals surface area contributed by atoms with Crippen LogP contribution in [0.4, 0.5) is 18.9 Å². The molecule has 1 heterocycles. The van der Waals surface area contributed by atoms with Crippen molar-refractivity contribution in [3.05, 3.63) is 29.8 Å². The molecular formula is C16H15F3N2O6. The molecule has 0 fully saturated rings. The number of halogens is 3. The molecule has 0 aromatic heterocycles. The van der Waals surface area contributed by atoms with Crippen molar-refractivity contribution in [2.45, 2.75) is 31.1 Å². The minimum Gasteiger partial charge on any atom is -0.481 e. The number of hydrogen-bond donors (Lipinski definition) is 2. The predicted molar refractivity (Wildman–Crippen MR) is 83.7 cm³/mol. The predicted octanol–water partition coefficient (Wildman–Crippen LogP) is 0.639. The van der Waals surface area contributed by atoms with Crippen LogP contribution in [0.1, 0.15) is 12.0 Å². The molecule has 1 aromatic carbocycles. The number of nitrogens with one attached hydrogen (secondary N) is 1. The number of fused-ring (bicyclic) bond motifs is 1. The van der Waals surface area contributed by atoms with Crippen molar-refractivity contribution in [3.8, 4) is 0 Å². The highest BCUT2D eigenvalue weighted by Crippen LogP contribution is 2.33. The zero-order valence-electron chi connectivity index (χ0n) is 13.9. The number of rotatable bonds is 5. The number of carboxylic acids is 1. The number of hydrogen-bond acceptors (Lipinski definition) is 5. The molecule has 2 N–H and O–H groups in total. The van der Waals surface area contributed by atoms with Crippen LogP contribution in [-0.4, -0.2) is 54.2 Å². The van der Waals surface area contributed by atoms with Gasteiger partial charge < -0.3 is 15.2 Å². The van der Waals surface area contributed by atoms with Crippen molar-refractivity contribution in [2.75, 3.05) is 12.0 Å². The van der Waals surface area contributed by atoms with Gasteiger partial charge in [0.15, 0.2) is 0 Å². The summed E-state index contributed by atoms with van der Waals surface area (Å²) in [5, 5.41) is 10.3. The number of alkyl halides is 3. The van der Waals surface area contributed by atoms with E-state index < -0.39 is 48.4 Å². The first kappa shape index (κ1) is 20.2. The Balaban J connectivity index is 2.39. The molecule has 0 saturated heterocycles. The topological polar surface area (TPSA) is 113 Å². The van der Waals surface area contributed by atoms with Crippen molar-refractivity contribution >= 4 is 29.4 Å². The Morgan fingerprint density at radius 1 is 1.30 bits per heavy atom. The lowest BCUT2D eigenvalue weighted by atomic mass is 10.1. The fraction of sp³-hybridized carbons (Fsp3) is 0.375. The van der Waals surface area contributed by atoms with E-state index in [9.17, 15) is 32.3 Å². The maximum absolute atomic E-state index is 12.8. The zero-order chi connectivity index (χ0) is 20.4. The number of carbonyl (C=O) groups excluding carboxylic acids is 3. The lowest BCUT2D eigenvalue weighted by molar-refractivity contribution is -0.175. The summed E-state index contributed by atoms with van der Waals surface area (Å²) in [4.78, 5) is 47.9. The number of para-hydroxylation sites is 1. The highest BCUT2D eigenvalue weighted by Gasteiger charge is 2.45. The number of carboxylic acid groups (broad SMARTS) is 1. The van der Waals surface area contributed by atoms with Crippen molar-refractivity contribution in [1.29, 1.82) is 0 Å². The second-order valence-corrected chi connectivity index (χ2v) is 5.70. The van der Waals surface area contributed by atoms with Gasteiger partial charge in [-0.1, -0.05) is 18.2 Å². The average Bonchev–Trinajstić information content (AvgIpc) is 2.98. The first-order valence-electron chi connectivity index (χ1n) is 7.64. The van der Waals surface area contributed by atoms with E-state index in [1.54, 1.807) is 18.2 Å². The van der Waals surface area contributed by atoms with Gasteiger partial charge in [-0.25, -0.2) is 4.79 Å². The second-order valence-electron chi connectivity index (χ2n) is 5.70. The first-order valence-corrected chi connectivity index (χ1v) is 7.64. The summed E-state index contributed by atoms with van der Waals surface area (Å²) in [5.41, 5.74) is 0.784. The standard InChI is InChI=1S/C16H15F3N2O6/c1-27-14(25)11-6-8-4-2-3-5-10(8)21(11)13(24)9(7-12(22)23)20-15(26)16(17,18)19/h2-5,9,11H,6-7H2,1H3,(H,20,26)(H,22,23)/t9?,11-/m0/s1. The van der Waals surface area contributed by atoms with Crippen LogP contribution in [0.25, 0.3) is 0 Å². The summed E-state index contributed by atoms with van der Waals surface area (Å²) in [7, 11) is 1.08. The third-order valence-electron chi connectivity index (χ3n) is 3.93. The molecule has 8 nitrogen and oxygen atoms in total. The summed E-state index contributed by atoms with van der Waals surface area (Å²) in [6.07, 6.45) is -6.35. The summed E-state index contributed by atoms with van der Waals surface area (Å²) < 4.78 is 42.2. The minimum atomic E-state index is -5.30. The maximum Gasteiger partial charge on any atom is 0.471 e. The van der Waals surface area contributed by atoms with Gasteiger partial charge in [0.05, 0.1) is 13.5 Å². The van der Waals surface area contributed by atoms with Gasteiger partial charge in [0.25, 0.3) is 5.91 Å². The van der Waals surface area contributed by atoms with Gasteiger partial charge in [-0.3, -0.25) is 19.3 Å². The van der Waals surface area contributed by atoms with Gasteiger partial charge in [-0.2, -0.15) is 13.2 Å². The number of aliphatic carboxylic acids is 1. The molecule has 2 rings (SSSR count). The van der Waals surface area contributed by atoms with E-state index in [1.807, 2.05) is 0 Å². The summed E-state index contributed by atoms with van der Waals surface area (Å²) in [6.45, 7) is 0. The van der Waals surface area contributed by atoms with E-state index in [4.69, 9.17) is 5.11 Å². The van der Waals surface area contributed by atoms with Crippen LogP contribution in [0.3, 0.4) is 0 Å². The van der Waals surface area contributed by atoms with Crippen LogP contribution in [0.2, 0.25) is 0 Å². The molecule has 0 aliphatic carbocycles. The third-order valence-corrected chi connectivity index (χ3v) is 3.93. The fourth-order valence-corrected chi connectivity index (χ4v) is 2.77. The Labute approximate surface area is 150 Å². The fourth-order valence-electron chi connectivity index (χ4n) is 2.77. The molecule has 2 atom stereocenters. The van der Waals surface area contributed by atoms with Crippen LogP contribution in [-0.2, 0) is 30.3 Å². The number of esters is 1. The van der Waals surface area contributed by atoms with Gasteiger partial charge in [0.2, 0.25) is 0 Å². The highest BCUT2D eigenvalue weighted by atomic mass is 19.4. The highest BCUT2D eigenvalue weighted by molar-refractivity contribution is 6.07. The summed E-state index contributed by atoms with van der Waals surface area (Å²) in [6, 6.07) is 3.05. The van der Waals surface area contributed by atoms with E-state index in [1.165, 1.54) is 11.4 Å². The van der Waals surface area contributed by atoms with E-state index in [2.05, 4.69) is 4.74 Å². The molecule has 11 heteroatoms. The lowest BCUT2D eigenvalue weighted by Gasteiger charge is -2.28. The SMILES string of the molecule is COC(=O)[C@@H]1Cc2ccccc2N1C(=O)C(CC(=O)O)NC(=O)C(F)(F)F. The molecule has 0 spiro atoms. The number of ether oxygens (including phenoxy) is 1. The van der Waals surface area contributed by atoms with Gasteiger partial charge >= 0.3 is 24.0 Å². The molecule has 146 valence electrons. The van der Waals surface area contributed by atoms with Crippen molar-refractivity contribution in [2.24, 2.45) is 0 Å². The van der Waals surface area contributed by atoms with Gasteiger partial charge in [-0.05, 0) is 11.6 Å². The largest absolute Gasteiger partial charge is 0.481 e. The maximum atomic E-state index is 12.8. The molecule has 0 bridgehead atoms. The zero-order valence-corrected chi connectivity index (χ0v) is 13.9. The molecule has 27 heavy (non-hydrogen) atoms. The van der Waals surface area contributed by atoms with E-state index in [0.29, 0.717) is 5.56 Å². The van der Waals surface area contributed by atoms with Gasteiger partial charge in [-0.15, -0.1) is 0 Å². The Hall–Kier alpha value is -3.11. The number of nitrogens with zero attached hydrogens (tertiary/aromatic N) is 1. The molecule has 1 aliphatic rings. The number of carbonyl (C=O) groups is 4. The number of anilines is 1. The van der Waals surface area contributed by atoms with Gasteiger partial charge in [0.1, 0.15) is 12.1 Å². The van der Waals surface area contributed by atoms with E-state index >= 15 is 0 Å². The third kappa shape index (κ3) is 4.36. The van der Waals surface area contributed by atoms with Crippen LogP contribution < -0.4 is 10.2 Å². The van der Waals surface area contributed by atoms with Crippen LogP contribution in [0, 0.1) is 0 Å². The molecule has 1 aromatic rings. The molecule has 2 amide bonds. The molecule has 0 radical (unpaired) electrons. The Morgan fingerprint density at radius 3 is 2.48 bits per heavy atom. The molecule has 1 aliphatic heterocycles. The van der Waals surface area contributed by atoms with Crippen LogP contribution >= 0.6 is 0 Å². The number of amides is 2. The van der Waals surface area contributed by atoms with E-state index in [0.717, 1.165) is 12.0 Å². The van der Waals surface area contributed by atoms with Crippen LogP contribution in [0.15, 0.2) is 24.3 Å². The normalized spacial score (nSPS) is 17.0. The smallest absolute Gasteiger partial charge is 0.471 e. The monoisotopic (exact) mass is 388 g/mol. The molecule has 1 unspecified atom stereocenters. The van der Waals surface area contributed by atoms with Gasteiger partial charge in [0, 0.05) is 12.1 Å². The number of methoxy groups -OCH3 is 1. The Kier molecular flexibility index (Phi) is 5.72. The number of benzene rings is 1. The van der Waals surface area contributed by atoms with Crippen molar-refractivity contribution < 1.29 is 42.2 Å². The second kappa shape index (κ2) is 7.64. The van der Waals surface area contributed by atoms with Crippen molar-refractivity contribution in [1.82, 2.24) is 5.32 Å². The van der Waals surface area contributed by atoms with Crippen molar-refractivity contribution in [3.63, 3.8) is 0 Å². The molecule has 0 saturated carbocycles. The Bertz CT molecular complexity index is 780. The van der Waals surface area contributed by atoms with Crippen LogP contribution in [0.5, 0.6) is 0 Å².